The van der Waals surface area contributed by atoms with Gasteiger partial charge in [-0.05, 0) is 85.4 Å². The summed E-state index contributed by atoms with van der Waals surface area (Å²) in [5.74, 6) is 2.12. The third-order valence-corrected chi connectivity index (χ3v) is 12.6. The molecule has 0 bridgehead atoms. The first kappa shape index (κ1) is 32.2. The number of fused-ring (bicyclic) bond motifs is 5. The lowest BCUT2D eigenvalue weighted by molar-refractivity contribution is -0.303. The van der Waals surface area contributed by atoms with Crippen LogP contribution in [0.3, 0.4) is 0 Å². The minimum absolute atomic E-state index is 0.0336. The molecule has 1 aliphatic heterocycles. The van der Waals surface area contributed by atoms with Crippen LogP contribution < -0.4 is 0 Å². The number of Topliss-reactive ketones (excluding diaryl/α,β-unsaturated/α-hetero) is 2. The Morgan fingerprint density at radius 3 is 2.52 bits per heavy atom. The van der Waals surface area contributed by atoms with Gasteiger partial charge in [-0.25, -0.2) is 0 Å². The van der Waals surface area contributed by atoms with Crippen LogP contribution in [0.5, 0.6) is 0 Å². The van der Waals surface area contributed by atoms with Crippen LogP contribution in [0.1, 0.15) is 92.4 Å². The highest BCUT2D eigenvalue weighted by atomic mass is 16.7. The predicted molar refractivity (Wildman–Crippen MR) is 157 cm³/mol. The van der Waals surface area contributed by atoms with Crippen molar-refractivity contribution in [3.63, 3.8) is 0 Å². The Morgan fingerprint density at radius 1 is 1.07 bits per heavy atom. The lowest BCUT2D eigenvalue weighted by Crippen LogP contribution is -2.59. The normalized spacial score (nSPS) is 46.7. The van der Waals surface area contributed by atoms with Crippen LogP contribution in [0, 0.1) is 52.3 Å². The maximum atomic E-state index is 13.6. The molecule has 4 N–H and O–H groups in total. The molecular formula is C34H54O8. The topological polar surface area (TPSA) is 134 Å². The molecule has 0 amide bonds. The molecule has 1 saturated heterocycles. The summed E-state index contributed by atoms with van der Waals surface area (Å²) in [6.45, 7) is 10.7. The molecule has 3 saturated carbocycles. The van der Waals surface area contributed by atoms with E-state index in [2.05, 4.69) is 26.8 Å². The molecule has 5 aliphatic rings. The summed E-state index contributed by atoms with van der Waals surface area (Å²) in [4.78, 5) is 27.2. The van der Waals surface area contributed by atoms with Gasteiger partial charge in [-0.15, -0.1) is 0 Å². The Kier molecular flexibility index (Phi) is 9.46. The van der Waals surface area contributed by atoms with Crippen molar-refractivity contribution in [3.8, 4) is 0 Å². The van der Waals surface area contributed by atoms with Gasteiger partial charge in [-0.1, -0.05) is 46.3 Å². The van der Waals surface area contributed by atoms with Crippen molar-refractivity contribution in [2.24, 2.45) is 52.3 Å². The van der Waals surface area contributed by atoms with Gasteiger partial charge in [-0.3, -0.25) is 9.59 Å². The molecule has 238 valence electrons. The third-order valence-electron chi connectivity index (χ3n) is 12.6. The van der Waals surface area contributed by atoms with Gasteiger partial charge in [0.1, 0.15) is 36.0 Å². The third kappa shape index (κ3) is 5.58. The van der Waals surface area contributed by atoms with Crippen LogP contribution in [0.4, 0.5) is 0 Å². The zero-order chi connectivity index (χ0) is 30.6. The molecule has 4 unspecified atom stereocenters. The smallest absolute Gasteiger partial charge is 0.186 e. The molecule has 0 aromatic carbocycles. The van der Waals surface area contributed by atoms with E-state index in [1.54, 1.807) is 5.57 Å². The maximum absolute atomic E-state index is 13.6. The van der Waals surface area contributed by atoms with E-state index in [4.69, 9.17) is 9.47 Å². The average molecular weight is 591 g/mol. The summed E-state index contributed by atoms with van der Waals surface area (Å²) in [5, 5.41) is 39.5. The van der Waals surface area contributed by atoms with Gasteiger partial charge in [0.25, 0.3) is 0 Å². The Hall–Kier alpha value is -1.16. The van der Waals surface area contributed by atoms with E-state index in [0.29, 0.717) is 37.0 Å². The van der Waals surface area contributed by atoms with E-state index in [9.17, 15) is 30.0 Å². The van der Waals surface area contributed by atoms with E-state index >= 15 is 0 Å². The van der Waals surface area contributed by atoms with Gasteiger partial charge in [0.2, 0.25) is 0 Å². The van der Waals surface area contributed by atoms with Gasteiger partial charge in [0, 0.05) is 24.7 Å². The van der Waals surface area contributed by atoms with Crippen LogP contribution in [0.25, 0.3) is 0 Å². The summed E-state index contributed by atoms with van der Waals surface area (Å²) < 4.78 is 11.1. The van der Waals surface area contributed by atoms with Crippen molar-refractivity contribution in [2.75, 3.05) is 13.2 Å². The SMILES string of the molecule is CC1CC[C@@]2(C)C(=CC[C@H]3[C@@H]4CC(=O)[C@@H]([C@H](C)C(=O)CC[C@@H](C)CO[C@@H]5OC(CO)[C@@H](O)C(O)C5O)[C@@]4(C)CC[C@@H]32)C1. The van der Waals surface area contributed by atoms with Crippen molar-refractivity contribution in [1.29, 1.82) is 0 Å². The Labute approximate surface area is 251 Å². The van der Waals surface area contributed by atoms with Gasteiger partial charge < -0.3 is 29.9 Å². The Morgan fingerprint density at radius 2 is 1.81 bits per heavy atom. The monoisotopic (exact) mass is 590 g/mol. The highest BCUT2D eigenvalue weighted by molar-refractivity contribution is 5.92. The maximum Gasteiger partial charge on any atom is 0.186 e. The fraction of sp³-hybridized carbons (Fsp3) is 0.882. The van der Waals surface area contributed by atoms with Gasteiger partial charge in [0.15, 0.2) is 6.29 Å². The summed E-state index contributed by atoms with van der Waals surface area (Å²) in [7, 11) is 0. The van der Waals surface area contributed by atoms with Gasteiger partial charge >= 0.3 is 0 Å². The zero-order valence-electron chi connectivity index (χ0n) is 26.2. The molecule has 0 radical (unpaired) electrons. The number of aliphatic hydroxyl groups excluding tert-OH is 4. The summed E-state index contributed by atoms with van der Waals surface area (Å²) in [6, 6.07) is 0. The molecule has 4 aliphatic carbocycles. The quantitative estimate of drug-likeness (QED) is 0.298. The number of allylic oxidation sites excluding steroid dienone is 2. The van der Waals surface area contributed by atoms with Crippen LogP contribution in [0.15, 0.2) is 11.6 Å². The largest absolute Gasteiger partial charge is 0.394 e. The first-order valence-electron chi connectivity index (χ1n) is 16.5. The van der Waals surface area contributed by atoms with Crippen LogP contribution in [0.2, 0.25) is 0 Å². The van der Waals surface area contributed by atoms with E-state index in [1.807, 2.05) is 13.8 Å². The zero-order valence-corrected chi connectivity index (χ0v) is 26.2. The van der Waals surface area contributed by atoms with Crippen LogP contribution >= 0.6 is 0 Å². The van der Waals surface area contributed by atoms with Crippen molar-refractivity contribution < 1.29 is 39.5 Å². The van der Waals surface area contributed by atoms with E-state index in [1.165, 1.54) is 19.3 Å². The molecule has 5 rings (SSSR count). The molecule has 0 aromatic rings. The molecule has 8 heteroatoms. The van der Waals surface area contributed by atoms with Crippen molar-refractivity contribution >= 4 is 11.6 Å². The van der Waals surface area contributed by atoms with E-state index < -0.39 is 37.3 Å². The van der Waals surface area contributed by atoms with Crippen LogP contribution in [-0.2, 0) is 19.1 Å². The van der Waals surface area contributed by atoms with Crippen LogP contribution in [-0.4, -0.2) is 75.9 Å². The fourth-order valence-corrected chi connectivity index (χ4v) is 9.87. The first-order valence-corrected chi connectivity index (χ1v) is 16.5. The molecule has 0 aromatic heterocycles. The molecule has 14 atom stereocenters. The minimum Gasteiger partial charge on any atom is -0.394 e. The first-order chi connectivity index (χ1) is 19.8. The summed E-state index contributed by atoms with van der Waals surface area (Å²) in [6.07, 6.45) is 4.53. The number of hydrogen-bond acceptors (Lipinski definition) is 8. The van der Waals surface area contributed by atoms with Crippen molar-refractivity contribution in [3.05, 3.63) is 11.6 Å². The second-order valence-corrected chi connectivity index (χ2v) is 15.2. The molecule has 0 spiro atoms. The van der Waals surface area contributed by atoms with E-state index in [-0.39, 0.29) is 46.8 Å². The lowest BCUT2D eigenvalue weighted by Gasteiger charge is -2.58. The molecule has 4 fully saturated rings. The lowest BCUT2D eigenvalue weighted by atomic mass is 9.46. The average Bonchev–Trinajstić information content (AvgIpc) is 3.24. The van der Waals surface area contributed by atoms with Crippen molar-refractivity contribution in [2.45, 2.75) is 123 Å². The molecular weight excluding hydrogens is 536 g/mol. The van der Waals surface area contributed by atoms with Gasteiger partial charge in [-0.2, -0.15) is 0 Å². The molecule has 42 heavy (non-hydrogen) atoms. The number of ether oxygens (including phenoxy) is 2. The van der Waals surface area contributed by atoms with Crippen molar-refractivity contribution in [1.82, 2.24) is 0 Å². The highest BCUT2D eigenvalue weighted by Crippen LogP contribution is 2.66. The second kappa shape index (κ2) is 12.3. The fourth-order valence-electron chi connectivity index (χ4n) is 9.87. The summed E-state index contributed by atoms with van der Waals surface area (Å²) >= 11 is 0. The highest BCUT2D eigenvalue weighted by Gasteiger charge is 2.62. The number of hydrogen-bond donors (Lipinski definition) is 4. The number of ketones is 2. The predicted octanol–water partition coefficient (Wildman–Crippen LogP) is 3.82. The molecule has 8 nitrogen and oxygen atoms in total. The van der Waals surface area contributed by atoms with Gasteiger partial charge in [0.05, 0.1) is 13.2 Å². The standard InChI is InChI=1S/C34H54O8/c1-18-10-12-33(4)21(14-18)7-8-22-23(33)11-13-34(5)24(22)15-26(37)28(34)20(3)25(36)9-6-19(2)17-41-32-31(40)30(39)29(38)27(16-35)42-32/h7,18-20,22-24,27-32,35,38-40H,6,8-17H2,1-5H3/t18?,19-,20-,22-,23+,24+,27?,28-,29-,30?,31?,32-,33+,34+/m1/s1. The number of carbonyl (C=O) groups excluding carboxylic acids is 2. The number of rotatable bonds is 9. The Bertz CT molecular complexity index is 1040. The molecule has 1 heterocycles. The second-order valence-electron chi connectivity index (χ2n) is 15.2. The Balaban J connectivity index is 1.17. The minimum atomic E-state index is -1.48. The number of carbonyl (C=O) groups is 2. The summed E-state index contributed by atoms with van der Waals surface area (Å²) in [5.41, 5.74) is 1.81. The van der Waals surface area contributed by atoms with E-state index in [0.717, 1.165) is 25.2 Å². The number of aliphatic hydroxyl groups is 4.